The van der Waals surface area contributed by atoms with Crippen LogP contribution in [0.4, 0.5) is 8.78 Å². The lowest BCUT2D eigenvalue weighted by molar-refractivity contribution is -0.136. The highest BCUT2D eigenvalue weighted by Gasteiger charge is 2.23. The van der Waals surface area contributed by atoms with Gasteiger partial charge in [0.15, 0.2) is 11.5 Å². The molecule has 0 aliphatic rings. The molecule has 3 rings (SSSR count). The second-order valence-electron chi connectivity index (χ2n) is 4.92. The first-order valence-corrected chi connectivity index (χ1v) is 8.53. The van der Waals surface area contributed by atoms with Crippen LogP contribution in [0.2, 0.25) is 0 Å². The molecule has 0 fully saturated rings. The van der Waals surface area contributed by atoms with Crippen molar-refractivity contribution < 1.29 is 31.4 Å². The maximum absolute atomic E-state index is 12.9. The summed E-state index contributed by atoms with van der Waals surface area (Å²) >= 11 is 0. The van der Waals surface area contributed by atoms with Crippen LogP contribution < -0.4 is 14.3 Å². The molecule has 1 unspecified atom stereocenters. The molecule has 0 N–H and O–H groups in total. The van der Waals surface area contributed by atoms with Crippen molar-refractivity contribution in [3.05, 3.63) is 42.2 Å². The summed E-state index contributed by atoms with van der Waals surface area (Å²) in [6.45, 7) is -3.17. The van der Waals surface area contributed by atoms with Gasteiger partial charge in [-0.1, -0.05) is 12.1 Å². The highest BCUT2D eigenvalue weighted by molar-refractivity contribution is 7.84. The maximum Gasteiger partial charge on any atom is 0.405 e. The molecule has 7 nitrogen and oxygen atoms in total. The van der Waals surface area contributed by atoms with Crippen LogP contribution in [0.5, 0.6) is 11.5 Å². The number of hydrogen-bond donors (Lipinski definition) is 0. The molecule has 0 spiro atoms. The predicted molar refractivity (Wildman–Crippen MR) is 89.8 cm³/mol. The Labute approximate surface area is 154 Å². The molecule has 2 aromatic heterocycles. The van der Waals surface area contributed by atoms with Gasteiger partial charge in [0.25, 0.3) is 0 Å². The summed E-state index contributed by atoms with van der Waals surface area (Å²) in [6, 6.07) is 7.64. The Balaban J connectivity index is 2.01. The van der Waals surface area contributed by atoms with E-state index in [0.717, 1.165) is 0 Å². The van der Waals surface area contributed by atoms with Gasteiger partial charge in [-0.25, -0.2) is 4.98 Å². The standard InChI is InChI=1S/C16H15F2N3O4S/c1-23-13-7-8-19-11(14(13)24-2)9-26(22)16-20-10-5-3-4-6-12(10)21(16)25-15(17)18/h3-8,15H,9H2,1-2H3/i2D3. The summed E-state index contributed by atoms with van der Waals surface area (Å²) in [5, 5.41) is -0.282. The second kappa shape index (κ2) is 7.65. The number of aromatic nitrogens is 3. The summed E-state index contributed by atoms with van der Waals surface area (Å²) in [6.07, 6.45) is 1.32. The quantitative estimate of drug-likeness (QED) is 0.621. The number of hydrogen-bond acceptors (Lipinski definition) is 6. The topological polar surface area (TPSA) is 75.5 Å². The van der Waals surface area contributed by atoms with Gasteiger partial charge >= 0.3 is 6.61 Å². The van der Waals surface area contributed by atoms with Gasteiger partial charge in [0.2, 0.25) is 5.16 Å². The molecular formula is C16H15F2N3O4S. The van der Waals surface area contributed by atoms with Gasteiger partial charge in [-0.15, -0.1) is 4.73 Å². The number of halogens is 2. The Morgan fingerprint density at radius 2 is 2.12 bits per heavy atom. The van der Waals surface area contributed by atoms with E-state index in [-0.39, 0.29) is 33.6 Å². The molecule has 0 saturated heterocycles. The normalized spacial score (nSPS) is 14.5. The van der Waals surface area contributed by atoms with Crippen molar-refractivity contribution in [1.29, 1.82) is 0 Å². The van der Waals surface area contributed by atoms with E-state index < -0.39 is 24.4 Å². The summed E-state index contributed by atoms with van der Waals surface area (Å²) in [4.78, 5) is 12.6. The van der Waals surface area contributed by atoms with Gasteiger partial charge in [-0.05, 0) is 12.1 Å². The molecule has 2 heterocycles. The van der Waals surface area contributed by atoms with Crippen LogP contribution in [0.1, 0.15) is 9.81 Å². The number of methoxy groups -OCH3 is 2. The SMILES string of the molecule is [2H]C([2H])([2H])Oc1c(OC)ccnc1CS(=O)c1nc2ccccc2n1OC(F)F. The number of imidazole rings is 1. The van der Waals surface area contributed by atoms with Crippen molar-refractivity contribution in [3.8, 4) is 11.5 Å². The van der Waals surface area contributed by atoms with Crippen LogP contribution in [0.15, 0.2) is 41.7 Å². The molecule has 26 heavy (non-hydrogen) atoms. The second-order valence-corrected chi connectivity index (χ2v) is 6.27. The minimum Gasteiger partial charge on any atom is -0.493 e. The number of rotatable bonds is 7. The molecular weight excluding hydrogens is 368 g/mol. The monoisotopic (exact) mass is 386 g/mol. The molecule has 3 aromatic rings. The number of pyridine rings is 1. The Morgan fingerprint density at radius 3 is 2.85 bits per heavy atom. The van der Waals surface area contributed by atoms with E-state index in [1.54, 1.807) is 18.2 Å². The first-order chi connectivity index (χ1) is 13.7. The summed E-state index contributed by atoms with van der Waals surface area (Å²) in [5.41, 5.74) is 0.497. The van der Waals surface area contributed by atoms with Crippen LogP contribution in [0.3, 0.4) is 0 Å². The average molecular weight is 386 g/mol. The van der Waals surface area contributed by atoms with E-state index in [1.165, 1.54) is 25.4 Å². The molecule has 0 amide bonds. The molecule has 1 atom stereocenters. The van der Waals surface area contributed by atoms with E-state index >= 15 is 0 Å². The van der Waals surface area contributed by atoms with E-state index in [4.69, 9.17) is 13.6 Å². The van der Waals surface area contributed by atoms with Crippen molar-refractivity contribution in [2.45, 2.75) is 17.5 Å². The summed E-state index contributed by atoms with van der Waals surface area (Å²) in [7, 11) is -3.54. The van der Waals surface area contributed by atoms with Crippen LogP contribution in [-0.2, 0) is 16.6 Å². The molecule has 0 aliphatic carbocycles. The zero-order valence-corrected chi connectivity index (χ0v) is 14.2. The van der Waals surface area contributed by atoms with Crippen LogP contribution in [-0.4, -0.2) is 39.7 Å². The Bertz CT molecular complexity index is 1050. The maximum atomic E-state index is 12.9. The highest BCUT2D eigenvalue weighted by Crippen LogP contribution is 2.30. The van der Waals surface area contributed by atoms with Gasteiger partial charge in [-0.3, -0.25) is 9.19 Å². The van der Waals surface area contributed by atoms with E-state index in [2.05, 4.69) is 14.8 Å². The van der Waals surface area contributed by atoms with Crippen LogP contribution in [0.25, 0.3) is 11.0 Å². The highest BCUT2D eigenvalue weighted by atomic mass is 32.2. The lowest BCUT2D eigenvalue weighted by Gasteiger charge is -2.12. The number of ether oxygens (including phenoxy) is 2. The first-order valence-electron chi connectivity index (χ1n) is 8.71. The number of benzene rings is 1. The number of fused-ring (bicyclic) bond motifs is 1. The van der Waals surface area contributed by atoms with Crippen molar-refractivity contribution in [2.24, 2.45) is 0 Å². The van der Waals surface area contributed by atoms with E-state index in [1.807, 2.05) is 0 Å². The van der Waals surface area contributed by atoms with E-state index in [9.17, 15) is 13.0 Å². The molecule has 138 valence electrons. The fourth-order valence-corrected chi connectivity index (χ4v) is 3.45. The fraction of sp³-hybridized carbons (Fsp3) is 0.250. The van der Waals surface area contributed by atoms with Crippen molar-refractivity contribution >= 4 is 21.8 Å². The zero-order chi connectivity index (χ0) is 21.2. The van der Waals surface area contributed by atoms with Gasteiger partial charge in [0.05, 0.1) is 46.0 Å². The lowest BCUT2D eigenvalue weighted by Crippen LogP contribution is -2.20. The van der Waals surface area contributed by atoms with Crippen LogP contribution >= 0.6 is 0 Å². The minimum absolute atomic E-state index is 0.00513. The van der Waals surface area contributed by atoms with Gasteiger partial charge in [-0.2, -0.15) is 8.78 Å². The van der Waals surface area contributed by atoms with Crippen LogP contribution in [0, 0.1) is 0 Å². The number of para-hydroxylation sites is 2. The molecule has 0 saturated carbocycles. The number of nitrogens with zero attached hydrogens (tertiary/aromatic N) is 3. The lowest BCUT2D eigenvalue weighted by atomic mass is 10.3. The van der Waals surface area contributed by atoms with Gasteiger partial charge in [0.1, 0.15) is 5.52 Å². The molecule has 10 heteroatoms. The fourth-order valence-electron chi connectivity index (χ4n) is 2.34. The minimum atomic E-state index is -3.17. The molecule has 1 aromatic carbocycles. The smallest absolute Gasteiger partial charge is 0.405 e. The van der Waals surface area contributed by atoms with Gasteiger partial charge in [0, 0.05) is 12.3 Å². The third kappa shape index (κ3) is 3.45. The summed E-state index contributed by atoms with van der Waals surface area (Å²) < 4.78 is 71.3. The first kappa shape index (κ1) is 14.4. The Hall–Kier alpha value is -2.75. The zero-order valence-electron chi connectivity index (χ0n) is 16.4. The third-order valence-corrected chi connectivity index (χ3v) is 4.61. The van der Waals surface area contributed by atoms with Gasteiger partial charge < -0.3 is 14.3 Å². The number of alkyl halides is 2. The molecule has 0 radical (unpaired) electrons. The largest absolute Gasteiger partial charge is 0.493 e. The molecule has 0 bridgehead atoms. The molecule has 0 aliphatic heterocycles. The van der Waals surface area contributed by atoms with Crippen molar-refractivity contribution in [1.82, 2.24) is 14.7 Å². The van der Waals surface area contributed by atoms with E-state index in [0.29, 0.717) is 10.2 Å². The van der Waals surface area contributed by atoms with Crippen molar-refractivity contribution in [2.75, 3.05) is 14.1 Å². The summed E-state index contributed by atoms with van der Waals surface area (Å²) in [5.74, 6) is -0.528. The van der Waals surface area contributed by atoms with Crippen molar-refractivity contribution in [3.63, 3.8) is 0 Å². The predicted octanol–water partition coefficient (Wildman–Crippen LogP) is 2.41. The Morgan fingerprint density at radius 1 is 1.31 bits per heavy atom. The average Bonchev–Trinajstić information content (AvgIpc) is 3.00. The third-order valence-electron chi connectivity index (χ3n) is 3.41. The Kier molecular flexibility index (Phi) is 4.24.